The molecule has 138 valence electrons. The molecule has 0 fully saturated rings. The van der Waals surface area contributed by atoms with Gasteiger partial charge in [0.25, 0.3) is 10.0 Å². The Labute approximate surface area is 146 Å². The van der Waals surface area contributed by atoms with Gasteiger partial charge in [-0.2, -0.15) is 5.10 Å². The Morgan fingerprint density at radius 2 is 2.00 bits per heavy atom. The third-order valence-corrected chi connectivity index (χ3v) is 4.83. The lowest BCUT2D eigenvalue weighted by molar-refractivity contribution is -0.274. The summed E-state index contributed by atoms with van der Waals surface area (Å²) in [4.78, 5) is 3.94. The topological polar surface area (TPSA) is 97.0 Å². The zero-order valence-electron chi connectivity index (χ0n) is 13.1. The summed E-state index contributed by atoms with van der Waals surface area (Å²) >= 11 is 0. The zero-order valence-corrected chi connectivity index (χ0v) is 13.9. The van der Waals surface area contributed by atoms with Crippen molar-refractivity contribution in [2.75, 3.05) is 6.54 Å². The third kappa shape index (κ3) is 4.29. The maximum atomic E-state index is 12.4. The first kappa shape index (κ1) is 18.1. The molecule has 0 unspecified atom stereocenters. The molecule has 0 saturated carbocycles. The van der Waals surface area contributed by atoms with Crippen molar-refractivity contribution in [3.63, 3.8) is 0 Å². The number of aromatic nitrogens is 3. The van der Waals surface area contributed by atoms with Crippen LogP contribution >= 0.6 is 0 Å². The molecule has 3 rings (SSSR count). The highest BCUT2D eigenvalue weighted by Crippen LogP contribution is 2.23. The van der Waals surface area contributed by atoms with Crippen LogP contribution in [0.1, 0.15) is 5.56 Å². The second-order valence-electron chi connectivity index (χ2n) is 5.27. The SMILES string of the molecule is O=S(=O)(NCCc1cccc(OC(F)(F)F)c1)c1[nH]nc2ncccc12. The molecule has 0 spiro atoms. The van der Waals surface area contributed by atoms with E-state index in [1.54, 1.807) is 18.2 Å². The second kappa shape index (κ2) is 6.92. The monoisotopic (exact) mass is 386 g/mol. The summed E-state index contributed by atoms with van der Waals surface area (Å²) in [5, 5.41) is 6.48. The second-order valence-corrected chi connectivity index (χ2v) is 6.97. The highest BCUT2D eigenvalue weighted by atomic mass is 32.2. The molecule has 3 aromatic rings. The molecule has 26 heavy (non-hydrogen) atoms. The summed E-state index contributed by atoms with van der Waals surface area (Å²) in [6, 6.07) is 8.51. The number of halogens is 3. The summed E-state index contributed by atoms with van der Waals surface area (Å²) in [5.74, 6) is -0.358. The van der Waals surface area contributed by atoms with Crippen LogP contribution in [0.25, 0.3) is 11.0 Å². The van der Waals surface area contributed by atoms with Gasteiger partial charge in [0.2, 0.25) is 0 Å². The number of sulfonamides is 1. The Kier molecular flexibility index (Phi) is 4.83. The number of pyridine rings is 1. The molecule has 2 heterocycles. The Hall–Kier alpha value is -2.66. The molecular weight excluding hydrogens is 373 g/mol. The van der Waals surface area contributed by atoms with Gasteiger partial charge in [-0.15, -0.1) is 13.2 Å². The Morgan fingerprint density at radius 1 is 1.19 bits per heavy atom. The van der Waals surface area contributed by atoms with Gasteiger partial charge >= 0.3 is 6.36 Å². The van der Waals surface area contributed by atoms with Gasteiger partial charge in [0.15, 0.2) is 10.7 Å². The first-order chi connectivity index (χ1) is 12.2. The lowest BCUT2D eigenvalue weighted by atomic mass is 10.1. The van der Waals surface area contributed by atoms with Gasteiger partial charge in [-0.05, 0) is 36.2 Å². The average Bonchev–Trinajstić information content (AvgIpc) is 2.98. The lowest BCUT2D eigenvalue weighted by Gasteiger charge is -2.10. The molecule has 1 aromatic carbocycles. The minimum Gasteiger partial charge on any atom is -0.406 e. The fraction of sp³-hybridized carbons (Fsp3) is 0.200. The first-order valence-corrected chi connectivity index (χ1v) is 8.86. The van der Waals surface area contributed by atoms with E-state index in [0.29, 0.717) is 10.9 Å². The molecule has 2 aromatic heterocycles. The van der Waals surface area contributed by atoms with Gasteiger partial charge < -0.3 is 4.74 Å². The Balaban J connectivity index is 1.67. The number of nitrogens with one attached hydrogen (secondary N) is 2. The van der Waals surface area contributed by atoms with Gasteiger partial charge in [0.05, 0.1) is 5.39 Å². The average molecular weight is 386 g/mol. The third-order valence-electron chi connectivity index (χ3n) is 3.40. The molecule has 0 atom stereocenters. The normalized spacial score (nSPS) is 12.4. The summed E-state index contributed by atoms with van der Waals surface area (Å²) in [7, 11) is -3.87. The van der Waals surface area contributed by atoms with E-state index in [4.69, 9.17) is 0 Å². The van der Waals surface area contributed by atoms with Crippen molar-refractivity contribution in [1.29, 1.82) is 0 Å². The minimum atomic E-state index is -4.78. The molecule has 0 amide bonds. The molecule has 2 N–H and O–H groups in total. The highest BCUT2D eigenvalue weighted by Gasteiger charge is 2.31. The van der Waals surface area contributed by atoms with Crippen molar-refractivity contribution >= 4 is 21.1 Å². The van der Waals surface area contributed by atoms with Crippen molar-refractivity contribution < 1.29 is 26.3 Å². The van der Waals surface area contributed by atoms with E-state index in [0.717, 1.165) is 0 Å². The summed E-state index contributed by atoms with van der Waals surface area (Å²) in [6.07, 6.45) is -3.11. The number of fused-ring (bicyclic) bond motifs is 1. The van der Waals surface area contributed by atoms with E-state index in [9.17, 15) is 21.6 Å². The van der Waals surface area contributed by atoms with Crippen LogP contribution < -0.4 is 9.46 Å². The van der Waals surface area contributed by atoms with Crippen LogP contribution in [0.2, 0.25) is 0 Å². The van der Waals surface area contributed by atoms with Crippen molar-refractivity contribution in [2.24, 2.45) is 0 Å². The number of aromatic amines is 1. The van der Waals surface area contributed by atoms with Gasteiger partial charge in [-0.1, -0.05) is 12.1 Å². The number of hydrogen-bond acceptors (Lipinski definition) is 5. The quantitative estimate of drug-likeness (QED) is 0.678. The molecule has 11 heteroatoms. The predicted molar refractivity (Wildman–Crippen MR) is 85.9 cm³/mol. The van der Waals surface area contributed by atoms with Gasteiger partial charge in [-0.25, -0.2) is 18.1 Å². The van der Waals surface area contributed by atoms with Crippen molar-refractivity contribution in [2.45, 2.75) is 17.8 Å². The van der Waals surface area contributed by atoms with Gasteiger partial charge in [0, 0.05) is 12.7 Å². The maximum absolute atomic E-state index is 12.4. The molecular formula is C15H13F3N4O3S. The van der Waals surface area contributed by atoms with Crippen molar-refractivity contribution in [1.82, 2.24) is 19.9 Å². The van der Waals surface area contributed by atoms with Gasteiger partial charge in [0.1, 0.15) is 5.75 Å². The van der Waals surface area contributed by atoms with E-state index in [1.165, 1.54) is 24.4 Å². The standard InChI is InChI=1S/C15H13F3N4O3S/c16-15(17,18)25-11-4-1-3-10(9-11)6-8-20-26(23,24)14-12-5-2-7-19-13(12)21-22-14/h1-5,7,9,20H,6,8H2,(H,19,21,22). The van der Waals surface area contributed by atoms with E-state index in [2.05, 4.69) is 24.6 Å². The molecule has 0 aliphatic rings. The van der Waals surface area contributed by atoms with Crippen LogP contribution in [0.3, 0.4) is 0 Å². The van der Waals surface area contributed by atoms with Crippen LogP contribution in [-0.2, 0) is 16.4 Å². The van der Waals surface area contributed by atoms with E-state index < -0.39 is 16.4 Å². The maximum Gasteiger partial charge on any atom is 0.573 e. The van der Waals surface area contributed by atoms with Crippen LogP contribution in [0, 0.1) is 0 Å². The minimum absolute atomic E-state index is 0.0153. The number of H-pyrrole nitrogens is 1. The van der Waals surface area contributed by atoms with Crippen LogP contribution in [0.4, 0.5) is 13.2 Å². The Bertz CT molecular complexity index is 1020. The highest BCUT2D eigenvalue weighted by molar-refractivity contribution is 7.89. The fourth-order valence-electron chi connectivity index (χ4n) is 2.33. The molecule has 0 radical (unpaired) electrons. The van der Waals surface area contributed by atoms with Crippen LogP contribution in [0.5, 0.6) is 5.75 Å². The molecule has 0 bridgehead atoms. The smallest absolute Gasteiger partial charge is 0.406 e. The summed E-state index contributed by atoms with van der Waals surface area (Å²) in [6.45, 7) is -0.0153. The number of rotatable bonds is 6. The largest absolute Gasteiger partial charge is 0.573 e. The summed E-state index contributed by atoms with van der Waals surface area (Å²) < 4.78 is 67.7. The van der Waals surface area contributed by atoms with Crippen molar-refractivity contribution in [3.05, 3.63) is 48.2 Å². The predicted octanol–water partition coefficient (Wildman–Crippen LogP) is 2.38. The van der Waals surface area contributed by atoms with E-state index in [-0.39, 0.29) is 29.4 Å². The molecule has 0 saturated heterocycles. The first-order valence-electron chi connectivity index (χ1n) is 7.38. The fourth-order valence-corrected chi connectivity index (χ4v) is 3.46. The number of alkyl halides is 3. The molecule has 0 aliphatic carbocycles. The number of nitrogens with zero attached hydrogens (tertiary/aromatic N) is 2. The van der Waals surface area contributed by atoms with Crippen LogP contribution in [0.15, 0.2) is 47.6 Å². The van der Waals surface area contributed by atoms with Crippen LogP contribution in [-0.4, -0.2) is 36.5 Å². The lowest BCUT2D eigenvalue weighted by Crippen LogP contribution is -2.26. The van der Waals surface area contributed by atoms with Crippen molar-refractivity contribution in [3.8, 4) is 5.75 Å². The molecule has 0 aliphatic heterocycles. The van der Waals surface area contributed by atoms with E-state index in [1.807, 2.05) is 0 Å². The zero-order chi connectivity index (χ0) is 18.8. The van der Waals surface area contributed by atoms with Gasteiger partial charge in [-0.3, -0.25) is 5.10 Å². The van der Waals surface area contributed by atoms with E-state index >= 15 is 0 Å². The number of hydrogen-bond donors (Lipinski definition) is 2. The summed E-state index contributed by atoms with van der Waals surface area (Å²) in [5.41, 5.74) is 0.760. The number of benzene rings is 1. The Morgan fingerprint density at radius 3 is 2.77 bits per heavy atom. The molecule has 7 nitrogen and oxygen atoms in total. The number of ether oxygens (including phenoxy) is 1.